The van der Waals surface area contributed by atoms with Crippen molar-refractivity contribution in [3.05, 3.63) is 58.9 Å². The maximum Gasteiger partial charge on any atom is 0.278 e. The molecule has 2 aromatic heterocycles. The van der Waals surface area contributed by atoms with Gasteiger partial charge in [0, 0.05) is 5.69 Å². The minimum Gasteiger partial charge on any atom is -0.442 e. The molecule has 0 bridgehead atoms. The number of nitrogens with zero attached hydrogens (tertiary/aromatic N) is 1. The van der Waals surface area contributed by atoms with Crippen LogP contribution >= 0.6 is 11.3 Å². The van der Waals surface area contributed by atoms with Gasteiger partial charge in [-0.3, -0.25) is 4.79 Å². The molecule has 3 aromatic rings. The third kappa shape index (κ3) is 2.73. The Hall–Kier alpha value is -2.40. The van der Waals surface area contributed by atoms with Gasteiger partial charge >= 0.3 is 0 Å². The summed E-state index contributed by atoms with van der Waals surface area (Å²) in [7, 11) is 0. The highest BCUT2D eigenvalue weighted by atomic mass is 32.1. The molecule has 3 rings (SSSR count). The van der Waals surface area contributed by atoms with Crippen LogP contribution in [0.2, 0.25) is 0 Å². The first-order valence-corrected chi connectivity index (χ1v) is 7.39. The molecule has 0 saturated carbocycles. The van der Waals surface area contributed by atoms with E-state index in [-0.39, 0.29) is 5.91 Å². The van der Waals surface area contributed by atoms with Crippen LogP contribution in [-0.4, -0.2) is 10.9 Å². The molecule has 5 heteroatoms. The largest absolute Gasteiger partial charge is 0.442 e. The molecule has 21 heavy (non-hydrogen) atoms. The average molecular weight is 298 g/mol. The molecule has 106 valence electrons. The van der Waals surface area contributed by atoms with E-state index in [4.69, 9.17) is 4.42 Å². The number of carbonyl (C=O) groups is 1. The van der Waals surface area contributed by atoms with Crippen molar-refractivity contribution in [3.8, 4) is 10.6 Å². The number of carbonyl (C=O) groups excluding carboxylic acids is 1. The van der Waals surface area contributed by atoms with Crippen LogP contribution in [-0.2, 0) is 0 Å². The fourth-order valence-electron chi connectivity index (χ4n) is 2.04. The first-order valence-electron chi connectivity index (χ1n) is 6.51. The topological polar surface area (TPSA) is 55.1 Å². The van der Waals surface area contributed by atoms with E-state index >= 15 is 0 Å². The Morgan fingerprint density at radius 3 is 2.90 bits per heavy atom. The number of aryl methyl sites for hydroxylation is 2. The van der Waals surface area contributed by atoms with E-state index in [1.165, 1.54) is 17.7 Å². The fourth-order valence-corrected chi connectivity index (χ4v) is 2.76. The minimum absolute atomic E-state index is 0.263. The molecule has 0 aliphatic rings. The molecule has 0 radical (unpaired) electrons. The Labute approximate surface area is 126 Å². The molecule has 0 aliphatic heterocycles. The third-order valence-corrected chi connectivity index (χ3v) is 4.04. The molecule has 1 aromatic carbocycles. The number of rotatable bonds is 3. The van der Waals surface area contributed by atoms with Gasteiger partial charge in [0.2, 0.25) is 0 Å². The number of nitrogens with one attached hydrogen (secondary N) is 1. The Kier molecular flexibility index (Phi) is 3.58. The summed E-state index contributed by atoms with van der Waals surface area (Å²) >= 11 is 1.51. The molecule has 0 atom stereocenters. The van der Waals surface area contributed by atoms with Gasteiger partial charge in [-0.1, -0.05) is 18.2 Å². The van der Waals surface area contributed by atoms with Gasteiger partial charge < -0.3 is 9.73 Å². The molecule has 0 saturated heterocycles. The standard InChI is InChI=1S/C16H14N2O2S/c1-10-5-6-11(2)12(8-10)18-16(19)14-15(20-9-17-14)13-4-3-7-21-13/h3-9H,1-2H3,(H,18,19). The number of hydrogen-bond donors (Lipinski definition) is 1. The third-order valence-electron chi connectivity index (χ3n) is 3.17. The van der Waals surface area contributed by atoms with Crippen LogP contribution in [0, 0.1) is 13.8 Å². The summed E-state index contributed by atoms with van der Waals surface area (Å²) in [6, 6.07) is 9.75. The highest BCUT2D eigenvalue weighted by Gasteiger charge is 2.19. The van der Waals surface area contributed by atoms with Gasteiger partial charge in [-0.15, -0.1) is 11.3 Å². The monoisotopic (exact) mass is 298 g/mol. The Bertz CT molecular complexity index is 775. The van der Waals surface area contributed by atoms with Crippen LogP contribution in [0.1, 0.15) is 21.6 Å². The zero-order valence-corrected chi connectivity index (χ0v) is 12.5. The summed E-state index contributed by atoms with van der Waals surface area (Å²) in [5.74, 6) is 0.244. The average Bonchev–Trinajstić information content (AvgIpc) is 3.12. The number of hydrogen-bond acceptors (Lipinski definition) is 4. The fraction of sp³-hybridized carbons (Fsp3) is 0.125. The van der Waals surface area contributed by atoms with Gasteiger partial charge in [-0.05, 0) is 42.5 Å². The molecule has 0 aliphatic carbocycles. The SMILES string of the molecule is Cc1ccc(C)c(NC(=O)c2ncoc2-c2cccs2)c1. The van der Waals surface area contributed by atoms with Crippen molar-refractivity contribution in [2.24, 2.45) is 0 Å². The molecule has 0 unspecified atom stereocenters. The maximum absolute atomic E-state index is 12.4. The second-order valence-corrected chi connectivity index (χ2v) is 5.73. The van der Waals surface area contributed by atoms with Crippen LogP contribution in [0.5, 0.6) is 0 Å². The normalized spacial score (nSPS) is 10.6. The van der Waals surface area contributed by atoms with Gasteiger partial charge in [0.25, 0.3) is 5.91 Å². The second kappa shape index (κ2) is 5.54. The van der Waals surface area contributed by atoms with Crippen molar-refractivity contribution < 1.29 is 9.21 Å². The lowest BCUT2D eigenvalue weighted by atomic mass is 10.1. The molecule has 0 spiro atoms. The van der Waals surface area contributed by atoms with Crippen molar-refractivity contribution in [3.63, 3.8) is 0 Å². The number of benzene rings is 1. The van der Waals surface area contributed by atoms with Crippen LogP contribution in [0.4, 0.5) is 5.69 Å². The zero-order chi connectivity index (χ0) is 14.8. The van der Waals surface area contributed by atoms with Crippen molar-refractivity contribution in [1.82, 2.24) is 4.98 Å². The summed E-state index contributed by atoms with van der Waals surface area (Å²) in [4.78, 5) is 17.4. The summed E-state index contributed by atoms with van der Waals surface area (Å²) in [5.41, 5.74) is 3.20. The number of amides is 1. The van der Waals surface area contributed by atoms with Gasteiger partial charge in [-0.2, -0.15) is 0 Å². The molecule has 1 amide bonds. The highest BCUT2D eigenvalue weighted by molar-refractivity contribution is 7.13. The van der Waals surface area contributed by atoms with Crippen molar-refractivity contribution in [1.29, 1.82) is 0 Å². The number of thiophene rings is 1. The lowest BCUT2D eigenvalue weighted by Crippen LogP contribution is -2.14. The van der Waals surface area contributed by atoms with Crippen molar-refractivity contribution in [2.75, 3.05) is 5.32 Å². The smallest absolute Gasteiger partial charge is 0.278 e. The van der Waals surface area contributed by atoms with E-state index in [2.05, 4.69) is 10.3 Å². The van der Waals surface area contributed by atoms with E-state index in [9.17, 15) is 4.79 Å². The summed E-state index contributed by atoms with van der Waals surface area (Å²) in [5, 5.41) is 4.83. The summed E-state index contributed by atoms with van der Waals surface area (Å²) < 4.78 is 5.36. The van der Waals surface area contributed by atoms with Crippen LogP contribution in [0.25, 0.3) is 10.6 Å². The van der Waals surface area contributed by atoms with E-state index < -0.39 is 0 Å². The van der Waals surface area contributed by atoms with Gasteiger partial charge in [-0.25, -0.2) is 4.98 Å². The van der Waals surface area contributed by atoms with E-state index in [1.54, 1.807) is 0 Å². The number of anilines is 1. The van der Waals surface area contributed by atoms with Gasteiger partial charge in [0.15, 0.2) is 17.8 Å². The van der Waals surface area contributed by atoms with E-state index in [0.717, 1.165) is 21.7 Å². The number of aromatic nitrogens is 1. The van der Waals surface area contributed by atoms with Crippen molar-refractivity contribution in [2.45, 2.75) is 13.8 Å². The van der Waals surface area contributed by atoms with Gasteiger partial charge in [0.1, 0.15) is 0 Å². The summed E-state index contributed by atoms with van der Waals surface area (Å²) in [6.45, 7) is 3.94. The van der Waals surface area contributed by atoms with Crippen LogP contribution < -0.4 is 5.32 Å². The van der Waals surface area contributed by atoms with E-state index in [1.807, 2.05) is 49.6 Å². The quantitative estimate of drug-likeness (QED) is 0.785. The molecule has 1 N–H and O–H groups in total. The second-order valence-electron chi connectivity index (χ2n) is 4.78. The van der Waals surface area contributed by atoms with Crippen molar-refractivity contribution >= 4 is 22.9 Å². The Morgan fingerprint density at radius 1 is 1.29 bits per heavy atom. The predicted octanol–water partition coefficient (Wildman–Crippen LogP) is 4.27. The molecular formula is C16H14N2O2S. The predicted molar refractivity (Wildman–Crippen MR) is 83.7 cm³/mol. The molecular weight excluding hydrogens is 284 g/mol. The lowest BCUT2D eigenvalue weighted by molar-refractivity contribution is 0.102. The first-order chi connectivity index (χ1) is 10.1. The zero-order valence-electron chi connectivity index (χ0n) is 11.7. The minimum atomic E-state index is -0.263. The van der Waals surface area contributed by atoms with Crippen LogP contribution in [0.3, 0.4) is 0 Å². The first kappa shape index (κ1) is 13.6. The summed E-state index contributed by atoms with van der Waals surface area (Å²) in [6.07, 6.45) is 1.30. The van der Waals surface area contributed by atoms with Crippen LogP contribution in [0.15, 0.2) is 46.5 Å². The van der Waals surface area contributed by atoms with Gasteiger partial charge in [0.05, 0.1) is 4.88 Å². The highest BCUT2D eigenvalue weighted by Crippen LogP contribution is 2.28. The molecule has 2 heterocycles. The lowest BCUT2D eigenvalue weighted by Gasteiger charge is -2.08. The molecule has 4 nitrogen and oxygen atoms in total. The Balaban J connectivity index is 1.90. The maximum atomic E-state index is 12.4. The number of oxazole rings is 1. The molecule has 0 fully saturated rings. The van der Waals surface area contributed by atoms with E-state index in [0.29, 0.717) is 11.5 Å². The Morgan fingerprint density at radius 2 is 2.14 bits per heavy atom.